The molecule has 1 fully saturated rings. The topological polar surface area (TPSA) is 58.3 Å². The van der Waals surface area contributed by atoms with Gasteiger partial charge in [-0.25, -0.2) is 0 Å². The van der Waals surface area contributed by atoms with Crippen molar-refractivity contribution in [2.75, 3.05) is 26.2 Å². The third-order valence-corrected chi connectivity index (χ3v) is 3.79. The number of hydrogen-bond acceptors (Lipinski definition) is 4. The van der Waals surface area contributed by atoms with E-state index in [4.69, 9.17) is 10.00 Å². The summed E-state index contributed by atoms with van der Waals surface area (Å²) in [6.45, 7) is 4.27. The fourth-order valence-electron chi connectivity index (χ4n) is 2.60. The highest BCUT2D eigenvalue weighted by molar-refractivity contribution is 5.17. The first-order chi connectivity index (χ1) is 10.3. The predicted molar refractivity (Wildman–Crippen MR) is 81.3 cm³/mol. The zero-order chi connectivity index (χ0) is 14.9. The predicted octanol–water partition coefficient (Wildman–Crippen LogP) is 2.02. The standard InChI is InChI=1S/C16H23N3O2/c17-8-2-5-11-19-12-6-7-15(16(19)20)21-14-13-18-9-3-1-4-10-18/h6-7,12H,1-5,9-11,13-14H2. The molecule has 2 heterocycles. The maximum absolute atomic E-state index is 12.2. The minimum Gasteiger partial charge on any atom is -0.487 e. The van der Waals surface area contributed by atoms with Gasteiger partial charge in [-0.3, -0.25) is 9.69 Å². The highest BCUT2D eigenvalue weighted by Crippen LogP contribution is 2.08. The number of likely N-dealkylation sites (tertiary alicyclic amines) is 1. The van der Waals surface area contributed by atoms with Crippen LogP contribution >= 0.6 is 0 Å². The van der Waals surface area contributed by atoms with Crippen molar-refractivity contribution in [1.29, 1.82) is 5.26 Å². The maximum atomic E-state index is 12.2. The summed E-state index contributed by atoms with van der Waals surface area (Å²) in [4.78, 5) is 14.6. The lowest BCUT2D eigenvalue weighted by molar-refractivity contribution is 0.182. The molecule has 1 aliphatic rings. The molecule has 0 aromatic carbocycles. The van der Waals surface area contributed by atoms with E-state index in [1.54, 1.807) is 16.8 Å². The number of aryl methyl sites for hydroxylation is 1. The van der Waals surface area contributed by atoms with Crippen LogP contribution in [0, 0.1) is 11.3 Å². The Balaban J connectivity index is 1.83. The van der Waals surface area contributed by atoms with Crippen molar-refractivity contribution in [3.8, 4) is 11.8 Å². The highest BCUT2D eigenvalue weighted by atomic mass is 16.5. The van der Waals surface area contributed by atoms with Crippen molar-refractivity contribution in [2.24, 2.45) is 0 Å². The Labute approximate surface area is 125 Å². The van der Waals surface area contributed by atoms with Crippen LogP contribution in [0.3, 0.4) is 0 Å². The number of ether oxygens (including phenoxy) is 1. The monoisotopic (exact) mass is 289 g/mol. The van der Waals surface area contributed by atoms with E-state index in [0.717, 1.165) is 19.6 Å². The van der Waals surface area contributed by atoms with Crippen molar-refractivity contribution in [2.45, 2.75) is 38.6 Å². The van der Waals surface area contributed by atoms with Crippen molar-refractivity contribution in [3.05, 3.63) is 28.7 Å². The van der Waals surface area contributed by atoms with Gasteiger partial charge in [0.1, 0.15) is 6.61 Å². The zero-order valence-electron chi connectivity index (χ0n) is 12.5. The van der Waals surface area contributed by atoms with Crippen LogP contribution in [0.2, 0.25) is 0 Å². The van der Waals surface area contributed by atoms with E-state index in [2.05, 4.69) is 11.0 Å². The van der Waals surface area contributed by atoms with E-state index < -0.39 is 0 Å². The average molecular weight is 289 g/mol. The van der Waals surface area contributed by atoms with Crippen LogP contribution in [0.1, 0.15) is 32.1 Å². The van der Waals surface area contributed by atoms with E-state index in [9.17, 15) is 4.79 Å². The van der Waals surface area contributed by atoms with E-state index >= 15 is 0 Å². The summed E-state index contributed by atoms with van der Waals surface area (Å²) in [5, 5.41) is 8.54. The summed E-state index contributed by atoms with van der Waals surface area (Å²) in [7, 11) is 0. The molecule has 114 valence electrons. The quantitative estimate of drug-likeness (QED) is 0.721. The maximum Gasteiger partial charge on any atom is 0.292 e. The fraction of sp³-hybridized carbons (Fsp3) is 0.625. The van der Waals surface area contributed by atoms with Crippen LogP contribution < -0.4 is 10.3 Å². The lowest BCUT2D eigenvalue weighted by Crippen LogP contribution is -2.34. The Kier molecular flexibility index (Phi) is 6.29. The van der Waals surface area contributed by atoms with Gasteiger partial charge < -0.3 is 9.30 Å². The zero-order valence-corrected chi connectivity index (χ0v) is 12.5. The van der Waals surface area contributed by atoms with Crippen LogP contribution in [0.5, 0.6) is 5.75 Å². The molecule has 0 aliphatic carbocycles. The molecule has 0 atom stereocenters. The second kappa shape index (κ2) is 8.48. The molecule has 0 amide bonds. The van der Waals surface area contributed by atoms with Gasteiger partial charge in [0, 0.05) is 25.7 Å². The molecule has 5 heteroatoms. The molecule has 1 aromatic heterocycles. The molecular weight excluding hydrogens is 266 g/mol. The summed E-state index contributed by atoms with van der Waals surface area (Å²) in [5.41, 5.74) is -0.103. The Morgan fingerprint density at radius 1 is 1.24 bits per heavy atom. The number of piperidine rings is 1. The van der Waals surface area contributed by atoms with Gasteiger partial charge >= 0.3 is 0 Å². The summed E-state index contributed by atoms with van der Waals surface area (Å²) >= 11 is 0. The minimum atomic E-state index is -0.103. The van der Waals surface area contributed by atoms with E-state index in [1.165, 1.54) is 19.3 Å². The largest absolute Gasteiger partial charge is 0.487 e. The number of nitriles is 1. The van der Waals surface area contributed by atoms with Crippen LogP contribution in [0.4, 0.5) is 0 Å². The first-order valence-corrected chi connectivity index (χ1v) is 7.73. The van der Waals surface area contributed by atoms with Crippen molar-refractivity contribution in [3.63, 3.8) is 0 Å². The second-order valence-electron chi connectivity index (χ2n) is 5.38. The van der Waals surface area contributed by atoms with E-state index in [-0.39, 0.29) is 5.56 Å². The number of aromatic nitrogens is 1. The Morgan fingerprint density at radius 2 is 2.05 bits per heavy atom. The summed E-state index contributed by atoms with van der Waals surface area (Å²) < 4.78 is 7.27. The molecule has 1 saturated heterocycles. The van der Waals surface area contributed by atoms with Gasteiger partial charge in [0.05, 0.1) is 6.07 Å². The molecule has 2 rings (SSSR count). The van der Waals surface area contributed by atoms with Gasteiger partial charge in [-0.2, -0.15) is 5.26 Å². The van der Waals surface area contributed by atoms with Gasteiger partial charge in [0.2, 0.25) is 0 Å². The molecule has 1 aromatic rings. The van der Waals surface area contributed by atoms with E-state index in [1.807, 2.05) is 6.07 Å². The number of hydrogen-bond donors (Lipinski definition) is 0. The third kappa shape index (κ3) is 4.91. The molecule has 0 spiro atoms. The molecule has 0 radical (unpaired) electrons. The molecule has 0 N–H and O–H groups in total. The lowest BCUT2D eigenvalue weighted by Gasteiger charge is -2.26. The summed E-state index contributed by atoms with van der Waals surface area (Å²) in [6, 6.07) is 5.64. The number of rotatable bonds is 7. The first-order valence-electron chi connectivity index (χ1n) is 7.73. The van der Waals surface area contributed by atoms with Crippen LogP contribution in [-0.4, -0.2) is 35.7 Å². The molecule has 1 aliphatic heterocycles. The average Bonchev–Trinajstić information content (AvgIpc) is 2.52. The molecule has 21 heavy (non-hydrogen) atoms. The Morgan fingerprint density at radius 3 is 2.81 bits per heavy atom. The number of nitrogens with zero attached hydrogens (tertiary/aromatic N) is 3. The molecule has 0 unspecified atom stereocenters. The van der Waals surface area contributed by atoms with Crippen LogP contribution in [0.15, 0.2) is 23.1 Å². The van der Waals surface area contributed by atoms with E-state index in [0.29, 0.717) is 31.7 Å². The van der Waals surface area contributed by atoms with Crippen molar-refractivity contribution in [1.82, 2.24) is 9.47 Å². The van der Waals surface area contributed by atoms with Gasteiger partial charge in [-0.05, 0) is 44.5 Å². The third-order valence-electron chi connectivity index (χ3n) is 3.79. The van der Waals surface area contributed by atoms with Gasteiger partial charge in [-0.15, -0.1) is 0 Å². The molecule has 5 nitrogen and oxygen atoms in total. The normalized spacial score (nSPS) is 15.6. The molecule has 0 bridgehead atoms. The number of pyridine rings is 1. The smallest absolute Gasteiger partial charge is 0.292 e. The van der Waals surface area contributed by atoms with Crippen LogP contribution in [0.25, 0.3) is 0 Å². The first kappa shape index (κ1) is 15.6. The molecule has 0 saturated carbocycles. The highest BCUT2D eigenvalue weighted by Gasteiger charge is 2.10. The van der Waals surface area contributed by atoms with Gasteiger partial charge in [0.15, 0.2) is 5.75 Å². The van der Waals surface area contributed by atoms with Crippen LogP contribution in [-0.2, 0) is 6.54 Å². The van der Waals surface area contributed by atoms with Gasteiger partial charge in [0.25, 0.3) is 5.56 Å². The Hall–Kier alpha value is -1.80. The second-order valence-corrected chi connectivity index (χ2v) is 5.38. The SMILES string of the molecule is N#CCCCn1cccc(OCCN2CCCCC2)c1=O. The van der Waals surface area contributed by atoms with Crippen molar-refractivity contribution < 1.29 is 4.74 Å². The fourth-order valence-corrected chi connectivity index (χ4v) is 2.60. The Bertz CT molecular complexity index is 527. The summed E-state index contributed by atoms with van der Waals surface area (Å²) in [6.07, 6.45) is 6.74. The van der Waals surface area contributed by atoms with Crippen molar-refractivity contribution >= 4 is 0 Å². The summed E-state index contributed by atoms with van der Waals surface area (Å²) in [5.74, 6) is 0.409. The number of unbranched alkanes of at least 4 members (excludes halogenated alkanes) is 1. The lowest BCUT2D eigenvalue weighted by atomic mass is 10.1. The minimum absolute atomic E-state index is 0.103. The van der Waals surface area contributed by atoms with Gasteiger partial charge in [-0.1, -0.05) is 6.42 Å². The molecular formula is C16H23N3O2.